The Balaban J connectivity index is 1.65. The highest BCUT2D eigenvalue weighted by molar-refractivity contribution is 6.31. The predicted molar refractivity (Wildman–Crippen MR) is 157 cm³/mol. The SMILES string of the molecule is CC(C)(C)CC1N2CCN(CC[C@H]3COC(C)(C)O3)C(=O)C2C(c2cccc(Cl)c2F)C1(C#N)c1ccc(Cl)cc1F. The first-order valence-corrected chi connectivity index (χ1v) is 15.1. The van der Waals surface area contributed by atoms with Gasteiger partial charge < -0.3 is 14.4 Å². The number of hydrogen-bond acceptors (Lipinski definition) is 5. The Morgan fingerprint density at radius 1 is 1.14 bits per heavy atom. The van der Waals surface area contributed by atoms with Gasteiger partial charge in [0.05, 0.1) is 29.8 Å². The van der Waals surface area contributed by atoms with E-state index in [-0.39, 0.29) is 38.6 Å². The Hall–Kier alpha value is -2.28. The average molecular weight is 621 g/mol. The summed E-state index contributed by atoms with van der Waals surface area (Å²) in [5.41, 5.74) is -1.69. The number of fused-ring (bicyclic) bond motifs is 1. The lowest BCUT2D eigenvalue weighted by molar-refractivity contribution is -0.145. The minimum Gasteiger partial charge on any atom is -0.348 e. The molecule has 0 spiro atoms. The van der Waals surface area contributed by atoms with Gasteiger partial charge in [-0.1, -0.05) is 62.2 Å². The first-order chi connectivity index (χ1) is 19.7. The molecule has 3 heterocycles. The maximum Gasteiger partial charge on any atom is 0.240 e. The third kappa shape index (κ3) is 5.55. The van der Waals surface area contributed by atoms with E-state index in [4.69, 9.17) is 32.7 Å². The molecule has 1 amide bonds. The van der Waals surface area contributed by atoms with Crippen LogP contribution in [-0.4, -0.2) is 65.9 Å². The highest BCUT2D eigenvalue weighted by Gasteiger charge is 2.66. The van der Waals surface area contributed by atoms with Crippen molar-refractivity contribution in [3.63, 3.8) is 0 Å². The second-order valence-corrected chi connectivity index (χ2v) is 14.1. The molecular formula is C32H37Cl2F2N3O3. The first kappa shape index (κ1) is 31.2. The summed E-state index contributed by atoms with van der Waals surface area (Å²) in [6.45, 7) is 11.5. The zero-order valence-electron chi connectivity index (χ0n) is 24.6. The molecular weight excluding hydrogens is 583 g/mol. The summed E-state index contributed by atoms with van der Waals surface area (Å²) in [7, 11) is 0. The molecule has 6 nitrogen and oxygen atoms in total. The Labute approximate surface area is 256 Å². The number of benzene rings is 2. The van der Waals surface area contributed by atoms with Gasteiger partial charge in [0.25, 0.3) is 0 Å². The smallest absolute Gasteiger partial charge is 0.240 e. The van der Waals surface area contributed by atoms with Gasteiger partial charge in [0, 0.05) is 42.2 Å². The number of piperazine rings is 1. The van der Waals surface area contributed by atoms with Crippen molar-refractivity contribution in [1.29, 1.82) is 5.26 Å². The Morgan fingerprint density at radius 2 is 1.88 bits per heavy atom. The minimum atomic E-state index is -1.61. The van der Waals surface area contributed by atoms with E-state index < -0.39 is 40.8 Å². The number of carbonyl (C=O) groups excluding carboxylic acids is 1. The Morgan fingerprint density at radius 3 is 2.50 bits per heavy atom. The number of halogens is 4. The lowest BCUT2D eigenvalue weighted by Crippen LogP contribution is -2.58. The highest BCUT2D eigenvalue weighted by Crippen LogP contribution is 2.57. The van der Waals surface area contributed by atoms with Crippen molar-refractivity contribution in [2.45, 2.75) is 82.8 Å². The molecule has 0 bridgehead atoms. The van der Waals surface area contributed by atoms with Crippen molar-refractivity contribution in [3.8, 4) is 6.07 Å². The van der Waals surface area contributed by atoms with Crippen molar-refractivity contribution in [2.24, 2.45) is 5.41 Å². The molecule has 0 radical (unpaired) electrons. The number of amides is 1. The van der Waals surface area contributed by atoms with Crippen molar-refractivity contribution in [2.75, 3.05) is 26.2 Å². The molecule has 3 saturated heterocycles. The van der Waals surface area contributed by atoms with Crippen LogP contribution < -0.4 is 0 Å². The van der Waals surface area contributed by atoms with Gasteiger partial charge in [0.1, 0.15) is 17.0 Å². The quantitative estimate of drug-likeness (QED) is 0.360. The van der Waals surface area contributed by atoms with Crippen LogP contribution in [0.5, 0.6) is 0 Å². The van der Waals surface area contributed by atoms with Crippen molar-refractivity contribution in [1.82, 2.24) is 9.80 Å². The highest BCUT2D eigenvalue weighted by atomic mass is 35.5. The minimum absolute atomic E-state index is 0.0977. The average Bonchev–Trinajstić information content (AvgIpc) is 3.39. The van der Waals surface area contributed by atoms with E-state index in [9.17, 15) is 10.1 Å². The van der Waals surface area contributed by atoms with Crippen LogP contribution in [0.4, 0.5) is 8.78 Å². The Bertz CT molecular complexity index is 1410. The molecule has 3 fully saturated rings. The first-order valence-electron chi connectivity index (χ1n) is 14.4. The lowest BCUT2D eigenvalue weighted by Gasteiger charge is -2.42. The van der Waals surface area contributed by atoms with Gasteiger partial charge in [0.2, 0.25) is 5.91 Å². The molecule has 3 aliphatic heterocycles. The molecule has 5 rings (SSSR count). The standard InChI is InChI=1S/C32H37Cl2F2N3O3/c1-30(2,3)16-25-32(18-37,22-10-9-19(33)15-24(22)35)26(21-7-6-8-23(34)27(21)36)28-29(40)38(13-14-39(25)28)12-11-20-17-41-31(4,5)42-20/h6-10,15,20,25-26,28H,11-14,16-17H2,1-5H3/t20-,25?,26?,28?,32?/m0/s1. The van der Waals surface area contributed by atoms with Gasteiger partial charge in [-0.3, -0.25) is 9.69 Å². The third-order valence-electron chi connectivity index (χ3n) is 8.75. The van der Waals surface area contributed by atoms with E-state index in [1.807, 2.05) is 39.5 Å². The summed E-state index contributed by atoms with van der Waals surface area (Å²) in [6, 6.07) is 9.76. The molecule has 0 aliphatic carbocycles. The summed E-state index contributed by atoms with van der Waals surface area (Å²) < 4.78 is 43.5. The summed E-state index contributed by atoms with van der Waals surface area (Å²) >= 11 is 12.4. The molecule has 42 heavy (non-hydrogen) atoms. The van der Waals surface area contributed by atoms with Gasteiger partial charge in [0.15, 0.2) is 5.79 Å². The summed E-state index contributed by atoms with van der Waals surface area (Å²) in [5, 5.41) is 11.2. The van der Waals surface area contributed by atoms with Crippen LogP contribution in [0.15, 0.2) is 36.4 Å². The molecule has 0 N–H and O–H groups in total. The van der Waals surface area contributed by atoms with Gasteiger partial charge in [-0.15, -0.1) is 0 Å². The zero-order chi connectivity index (χ0) is 30.6. The number of nitrogens with zero attached hydrogens (tertiary/aromatic N) is 3. The molecule has 2 aromatic carbocycles. The number of nitriles is 1. The second kappa shape index (κ2) is 11.3. The Kier molecular flexibility index (Phi) is 8.41. The van der Waals surface area contributed by atoms with Crippen LogP contribution in [0.3, 0.4) is 0 Å². The van der Waals surface area contributed by atoms with Crippen LogP contribution >= 0.6 is 23.2 Å². The fourth-order valence-electron chi connectivity index (χ4n) is 7.05. The third-order valence-corrected chi connectivity index (χ3v) is 9.28. The van der Waals surface area contributed by atoms with Crippen molar-refractivity contribution < 1.29 is 23.0 Å². The lowest BCUT2D eigenvalue weighted by atomic mass is 9.62. The van der Waals surface area contributed by atoms with Gasteiger partial charge >= 0.3 is 0 Å². The van der Waals surface area contributed by atoms with Gasteiger partial charge in [-0.05, 0) is 55.9 Å². The normalized spacial score (nSPS) is 29.5. The zero-order valence-corrected chi connectivity index (χ0v) is 26.1. The van der Waals surface area contributed by atoms with Crippen molar-refractivity contribution >= 4 is 29.1 Å². The summed E-state index contributed by atoms with van der Waals surface area (Å²) in [6.07, 6.45) is 0.872. The second-order valence-electron chi connectivity index (χ2n) is 13.3. The number of hydrogen-bond donors (Lipinski definition) is 0. The summed E-state index contributed by atoms with van der Waals surface area (Å²) in [4.78, 5) is 18.2. The van der Waals surface area contributed by atoms with Gasteiger partial charge in [-0.2, -0.15) is 5.26 Å². The maximum atomic E-state index is 16.0. The van der Waals surface area contributed by atoms with Gasteiger partial charge in [-0.25, -0.2) is 8.78 Å². The van der Waals surface area contributed by atoms with Crippen LogP contribution in [0.2, 0.25) is 10.0 Å². The number of ether oxygens (including phenoxy) is 2. The number of carbonyl (C=O) groups is 1. The van der Waals surface area contributed by atoms with E-state index >= 15 is 8.78 Å². The van der Waals surface area contributed by atoms with E-state index in [2.05, 4.69) is 6.07 Å². The van der Waals surface area contributed by atoms with Crippen LogP contribution in [0.1, 0.15) is 64.5 Å². The fraction of sp³-hybridized carbons (Fsp3) is 0.562. The van der Waals surface area contributed by atoms with Crippen LogP contribution in [-0.2, 0) is 19.7 Å². The molecule has 2 aromatic rings. The van der Waals surface area contributed by atoms with Crippen LogP contribution in [0, 0.1) is 28.4 Å². The molecule has 10 heteroatoms. The maximum absolute atomic E-state index is 16.0. The monoisotopic (exact) mass is 619 g/mol. The van der Waals surface area contributed by atoms with E-state index in [1.54, 1.807) is 17.0 Å². The fourth-order valence-corrected chi connectivity index (χ4v) is 7.39. The molecule has 226 valence electrons. The number of rotatable bonds is 6. The molecule has 0 aromatic heterocycles. The summed E-state index contributed by atoms with van der Waals surface area (Å²) in [5.74, 6) is -3.32. The van der Waals surface area contributed by atoms with E-state index in [1.165, 1.54) is 24.3 Å². The molecule has 3 aliphatic rings. The molecule has 4 unspecified atom stereocenters. The van der Waals surface area contributed by atoms with E-state index in [0.29, 0.717) is 39.1 Å². The largest absolute Gasteiger partial charge is 0.348 e. The topological polar surface area (TPSA) is 65.8 Å². The predicted octanol–water partition coefficient (Wildman–Crippen LogP) is 6.69. The van der Waals surface area contributed by atoms with E-state index in [0.717, 1.165) is 0 Å². The van der Waals surface area contributed by atoms with Crippen molar-refractivity contribution in [3.05, 3.63) is 69.2 Å². The molecule has 5 atom stereocenters. The van der Waals surface area contributed by atoms with Crippen LogP contribution in [0.25, 0.3) is 0 Å². The molecule has 0 saturated carbocycles.